The Morgan fingerprint density at radius 1 is 0.286 bits per heavy atom. The highest BCUT2D eigenvalue weighted by Crippen LogP contribution is 2.50. The lowest BCUT2D eigenvalue weighted by atomic mass is 9.84. The lowest BCUT2D eigenvalue weighted by Crippen LogP contribution is -1.92. The molecule has 11 rings (SSSR count). The molecular weight excluding hydrogens is 593 g/mol. The van der Waals surface area contributed by atoms with Gasteiger partial charge in [0.15, 0.2) is 0 Å². The van der Waals surface area contributed by atoms with Crippen LogP contribution in [0.3, 0.4) is 0 Å². The van der Waals surface area contributed by atoms with Crippen molar-refractivity contribution in [2.45, 2.75) is 0 Å². The summed E-state index contributed by atoms with van der Waals surface area (Å²) in [5.74, 6) is 0. The minimum absolute atomic E-state index is 0.915. The van der Waals surface area contributed by atoms with Gasteiger partial charge in [-0.25, -0.2) is 0 Å². The van der Waals surface area contributed by atoms with Gasteiger partial charge in [-0.05, 0) is 112 Å². The van der Waals surface area contributed by atoms with E-state index in [1.165, 1.54) is 88.0 Å². The van der Waals surface area contributed by atoms with Crippen LogP contribution < -0.4 is 0 Å². The summed E-state index contributed by atoms with van der Waals surface area (Å²) in [6, 6.07) is 62.3. The molecule has 0 atom stereocenters. The zero-order valence-electron chi connectivity index (χ0n) is 26.6. The molecule has 1 aliphatic rings. The largest absolute Gasteiger partial charge is 0.456 e. The number of fused-ring (bicyclic) bond motifs is 10. The Labute approximate surface area is 283 Å². The first-order valence-corrected chi connectivity index (χ1v) is 16.9. The van der Waals surface area contributed by atoms with Crippen LogP contribution in [0, 0.1) is 0 Å². The molecule has 0 amide bonds. The van der Waals surface area contributed by atoms with Gasteiger partial charge in [-0.2, -0.15) is 0 Å². The summed E-state index contributed by atoms with van der Waals surface area (Å²) in [6.07, 6.45) is 0. The van der Waals surface area contributed by atoms with E-state index in [0.717, 1.165) is 21.9 Å². The number of hydrogen-bond donors (Lipinski definition) is 0. The second kappa shape index (κ2) is 10.0. The van der Waals surface area contributed by atoms with E-state index < -0.39 is 0 Å². The first kappa shape index (κ1) is 26.6. The number of furan rings is 1. The molecule has 1 aliphatic carbocycles. The maximum absolute atomic E-state index is 6.21. The third-order valence-corrected chi connectivity index (χ3v) is 10.6. The number of rotatable bonds is 2. The van der Waals surface area contributed by atoms with E-state index in [-0.39, 0.29) is 0 Å². The van der Waals surface area contributed by atoms with Gasteiger partial charge < -0.3 is 4.42 Å². The maximum atomic E-state index is 6.21. The molecule has 1 heterocycles. The molecule has 9 aromatic carbocycles. The first-order chi connectivity index (χ1) is 24.3. The topological polar surface area (TPSA) is 13.1 Å². The van der Waals surface area contributed by atoms with Crippen LogP contribution in [0.25, 0.3) is 110 Å². The van der Waals surface area contributed by atoms with Crippen molar-refractivity contribution in [3.8, 4) is 55.6 Å². The molecular formula is C48H28O. The smallest absolute Gasteiger partial charge is 0.135 e. The summed E-state index contributed by atoms with van der Waals surface area (Å²) in [5, 5.41) is 9.87. The zero-order valence-corrected chi connectivity index (χ0v) is 26.6. The van der Waals surface area contributed by atoms with Gasteiger partial charge in [-0.3, -0.25) is 0 Å². The summed E-state index contributed by atoms with van der Waals surface area (Å²) in [6.45, 7) is 0. The lowest BCUT2D eigenvalue weighted by molar-refractivity contribution is 0.669. The van der Waals surface area contributed by atoms with E-state index in [4.69, 9.17) is 4.42 Å². The van der Waals surface area contributed by atoms with Gasteiger partial charge in [-0.1, -0.05) is 146 Å². The molecule has 1 heteroatoms. The van der Waals surface area contributed by atoms with Crippen molar-refractivity contribution < 1.29 is 4.42 Å². The summed E-state index contributed by atoms with van der Waals surface area (Å²) >= 11 is 0. The number of benzene rings is 9. The van der Waals surface area contributed by atoms with Crippen molar-refractivity contribution in [3.05, 3.63) is 170 Å². The van der Waals surface area contributed by atoms with Crippen LogP contribution in [-0.2, 0) is 0 Å². The number of hydrogen-bond acceptors (Lipinski definition) is 1. The second-order valence-electron chi connectivity index (χ2n) is 13.2. The molecule has 0 fully saturated rings. The average Bonchev–Trinajstić information content (AvgIpc) is 3.49. The predicted octanol–water partition coefficient (Wildman–Crippen LogP) is 13.7. The van der Waals surface area contributed by atoms with Crippen LogP contribution in [0.1, 0.15) is 0 Å². The first-order valence-electron chi connectivity index (χ1n) is 16.9. The van der Waals surface area contributed by atoms with E-state index in [0.29, 0.717) is 0 Å². The molecule has 0 unspecified atom stereocenters. The summed E-state index contributed by atoms with van der Waals surface area (Å²) in [5.41, 5.74) is 14.5. The maximum Gasteiger partial charge on any atom is 0.135 e. The fraction of sp³-hybridized carbons (Fsp3) is 0. The third-order valence-electron chi connectivity index (χ3n) is 10.6. The van der Waals surface area contributed by atoms with E-state index in [9.17, 15) is 0 Å². The standard InChI is InChI=1S/C48H28O/c1-2-14-33-32(13-1)34-25-23-30(27-42(34)41-21-10-12-29-11-9-20-36(33)46(29)41)47-37-16-3-5-18-39(37)48(40-19-6-4-17-38(40)47)31-24-26-45-43(28-31)35-15-7-8-22-44(35)49-45/h1-28H. The molecule has 226 valence electrons. The zero-order chi connectivity index (χ0) is 32.1. The van der Waals surface area contributed by atoms with E-state index in [2.05, 4.69) is 158 Å². The monoisotopic (exact) mass is 620 g/mol. The highest BCUT2D eigenvalue weighted by Gasteiger charge is 2.23. The Balaban J connectivity index is 1.22. The number of para-hydroxylation sites is 1. The van der Waals surface area contributed by atoms with Gasteiger partial charge in [0.25, 0.3) is 0 Å². The Bertz CT molecular complexity index is 2930. The Hall–Kier alpha value is -6.44. The minimum atomic E-state index is 0.915. The Morgan fingerprint density at radius 3 is 1.43 bits per heavy atom. The molecule has 0 bridgehead atoms. The van der Waals surface area contributed by atoms with Crippen LogP contribution >= 0.6 is 0 Å². The van der Waals surface area contributed by atoms with Crippen molar-refractivity contribution in [3.63, 3.8) is 0 Å². The third kappa shape index (κ3) is 3.76. The van der Waals surface area contributed by atoms with Crippen molar-refractivity contribution in [1.29, 1.82) is 0 Å². The molecule has 0 spiro atoms. The highest BCUT2D eigenvalue weighted by atomic mass is 16.3. The Kier molecular flexibility index (Phi) is 5.45. The van der Waals surface area contributed by atoms with E-state index in [1.54, 1.807) is 0 Å². The molecule has 0 saturated heterocycles. The minimum Gasteiger partial charge on any atom is -0.456 e. The Morgan fingerprint density at radius 2 is 0.755 bits per heavy atom. The molecule has 0 aliphatic heterocycles. The molecule has 0 radical (unpaired) electrons. The van der Waals surface area contributed by atoms with Gasteiger partial charge in [0.2, 0.25) is 0 Å². The fourth-order valence-electron chi connectivity index (χ4n) is 8.53. The van der Waals surface area contributed by atoms with Gasteiger partial charge in [0, 0.05) is 10.8 Å². The molecule has 1 aromatic heterocycles. The van der Waals surface area contributed by atoms with Gasteiger partial charge in [-0.15, -0.1) is 0 Å². The van der Waals surface area contributed by atoms with Crippen molar-refractivity contribution in [1.82, 2.24) is 0 Å². The average molecular weight is 621 g/mol. The predicted molar refractivity (Wildman–Crippen MR) is 207 cm³/mol. The van der Waals surface area contributed by atoms with Crippen LogP contribution in [0.2, 0.25) is 0 Å². The van der Waals surface area contributed by atoms with Crippen LogP contribution in [0.15, 0.2) is 174 Å². The quantitative estimate of drug-likeness (QED) is 0.175. The van der Waals surface area contributed by atoms with Crippen molar-refractivity contribution in [2.75, 3.05) is 0 Å². The second-order valence-corrected chi connectivity index (χ2v) is 13.2. The lowest BCUT2D eigenvalue weighted by Gasteiger charge is -2.19. The summed E-state index contributed by atoms with van der Waals surface area (Å²) < 4.78 is 6.21. The SMILES string of the molecule is c1ccc2c(c1)-c1ccc(-c3c4ccccc4c(-c4ccc5oc6ccccc6c5c4)c4ccccc34)cc1-c1cccc3cccc-2c13. The van der Waals surface area contributed by atoms with Gasteiger partial charge >= 0.3 is 0 Å². The van der Waals surface area contributed by atoms with Crippen LogP contribution in [0.5, 0.6) is 0 Å². The molecule has 0 saturated carbocycles. The molecule has 49 heavy (non-hydrogen) atoms. The van der Waals surface area contributed by atoms with Gasteiger partial charge in [0.05, 0.1) is 0 Å². The fourth-order valence-corrected chi connectivity index (χ4v) is 8.53. The normalized spacial score (nSPS) is 12.1. The van der Waals surface area contributed by atoms with Gasteiger partial charge in [0.1, 0.15) is 11.2 Å². The molecule has 0 N–H and O–H groups in total. The molecule has 10 aromatic rings. The van der Waals surface area contributed by atoms with E-state index >= 15 is 0 Å². The molecule has 1 nitrogen and oxygen atoms in total. The van der Waals surface area contributed by atoms with E-state index in [1.807, 2.05) is 12.1 Å². The van der Waals surface area contributed by atoms with Crippen LogP contribution in [-0.4, -0.2) is 0 Å². The summed E-state index contributed by atoms with van der Waals surface area (Å²) in [7, 11) is 0. The highest BCUT2D eigenvalue weighted by molar-refractivity contribution is 6.23. The van der Waals surface area contributed by atoms with Crippen molar-refractivity contribution >= 4 is 54.3 Å². The van der Waals surface area contributed by atoms with Crippen LogP contribution in [0.4, 0.5) is 0 Å². The summed E-state index contributed by atoms with van der Waals surface area (Å²) in [4.78, 5) is 0. The van der Waals surface area contributed by atoms with Crippen molar-refractivity contribution in [2.24, 2.45) is 0 Å².